The average Bonchev–Trinajstić information content (AvgIpc) is 3.05. The molecular formula is C20H24N4O2. The largest absolute Gasteiger partial charge is 0.395 e. The summed E-state index contributed by atoms with van der Waals surface area (Å²) in [5.41, 5.74) is 3.09. The lowest BCUT2D eigenvalue weighted by Crippen LogP contribution is -2.49. The van der Waals surface area contributed by atoms with Gasteiger partial charge in [-0.1, -0.05) is 18.2 Å². The van der Waals surface area contributed by atoms with E-state index < -0.39 is 0 Å². The van der Waals surface area contributed by atoms with Crippen LogP contribution in [-0.2, 0) is 11.2 Å². The van der Waals surface area contributed by atoms with Crippen LogP contribution in [0.5, 0.6) is 0 Å². The molecule has 1 aliphatic rings. The molecule has 2 aromatic heterocycles. The van der Waals surface area contributed by atoms with Crippen LogP contribution < -0.4 is 0 Å². The van der Waals surface area contributed by atoms with Crippen molar-refractivity contribution in [3.63, 3.8) is 0 Å². The number of aliphatic hydroxyl groups excluding tert-OH is 1. The van der Waals surface area contributed by atoms with Gasteiger partial charge < -0.3 is 15.0 Å². The third-order valence-corrected chi connectivity index (χ3v) is 5.18. The first kappa shape index (κ1) is 17.0. The Bertz CT molecular complexity index is 912. The zero-order valence-electron chi connectivity index (χ0n) is 14.8. The summed E-state index contributed by atoms with van der Waals surface area (Å²) < 4.78 is 0. The molecule has 3 aromatic rings. The third kappa shape index (κ3) is 3.43. The molecule has 1 aromatic carbocycles. The predicted molar refractivity (Wildman–Crippen MR) is 102 cm³/mol. The minimum Gasteiger partial charge on any atom is -0.395 e. The third-order valence-electron chi connectivity index (χ3n) is 5.18. The van der Waals surface area contributed by atoms with Gasteiger partial charge in [0.1, 0.15) is 0 Å². The van der Waals surface area contributed by atoms with Crippen molar-refractivity contribution < 1.29 is 9.90 Å². The van der Waals surface area contributed by atoms with Crippen molar-refractivity contribution in [2.45, 2.75) is 12.8 Å². The van der Waals surface area contributed by atoms with E-state index in [9.17, 15) is 4.79 Å². The number of aromatic amines is 1. The van der Waals surface area contributed by atoms with Crippen LogP contribution in [0, 0.1) is 0 Å². The SMILES string of the molecule is O=C(CCc1cc2c(cn1)[nH]c1ccccc12)N1CCN(CCO)CC1. The van der Waals surface area contributed by atoms with Crippen LogP contribution in [0.4, 0.5) is 0 Å². The smallest absolute Gasteiger partial charge is 0.223 e. The van der Waals surface area contributed by atoms with E-state index in [1.54, 1.807) is 0 Å². The molecule has 4 rings (SSSR count). The number of hydrogen-bond acceptors (Lipinski definition) is 4. The van der Waals surface area contributed by atoms with E-state index >= 15 is 0 Å². The van der Waals surface area contributed by atoms with Gasteiger partial charge in [-0.05, 0) is 18.6 Å². The first-order chi connectivity index (χ1) is 12.7. The lowest BCUT2D eigenvalue weighted by atomic mass is 10.1. The lowest BCUT2D eigenvalue weighted by Gasteiger charge is -2.34. The van der Waals surface area contributed by atoms with Gasteiger partial charge in [0.25, 0.3) is 0 Å². The van der Waals surface area contributed by atoms with Gasteiger partial charge in [0, 0.05) is 61.1 Å². The summed E-state index contributed by atoms with van der Waals surface area (Å²) in [6.45, 7) is 4.03. The van der Waals surface area contributed by atoms with E-state index in [0.29, 0.717) is 19.4 Å². The monoisotopic (exact) mass is 352 g/mol. The second-order valence-corrected chi connectivity index (χ2v) is 6.84. The molecule has 2 N–H and O–H groups in total. The fraction of sp³-hybridized carbons (Fsp3) is 0.400. The summed E-state index contributed by atoms with van der Waals surface area (Å²) in [5.74, 6) is 0.189. The van der Waals surface area contributed by atoms with Crippen molar-refractivity contribution in [2.24, 2.45) is 0 Å². The summed E-state index contributed by atoms with van der Waals surface area (Å²) in [5, 5.41) is 11.4. The number of H-pyrrole nitrogens is 1. The maximum Gasteiger partial charge on any atom is 0.223 e. The molecule has 0 bridgehead atoms. The Labute approximate surface area is 152 Å². The molecular weight excluding hydrogens is 328 g/mol. The molecule has 0 unspecified atom stereocenters. The minimum absolute atomic E-state index is 0.177. The summed E-state index contributed by atoms with van der Waals surface area (Å²) in [6, 6.07) is 10.3. The number of benzene rings is 1. The van der Waals surface area contributed by atoms with Crippen LogP contribution in [0.2, 0.25) is 0 Å². The predicted octanol–water partition coefficient (Wildman–Crippen LogP) is 1.79. The Kier molecular flexibility index (Phi) is 4.86. The lowest BCUT2D eigenvalue weighted by molar-refractivity contribution is -0.132. The number of carbonyl (C=O) groups excluding carboxylic acids is 1. The van der Waals surface area contributed by atoms with E-state index in [0.717, 1.165) is 48.3 Å². The van der Waals surface area contributed by atoms with Crippen molar-refractivity contribution in [2.75, 3.05) is 39.3 Å². The summed E-state index contributed by atoms with van der Waals surface area (Å²) >= 11 is 0. The highest BCUT2D eigenvalue weighted by Gasteiger charge is 2.20. The molecule has 1 saturated heterocycles. The van der Waals surface area contributed by atoms with Crippen LogP contribution in [0.1, 0.15) is 12.1 Å². The molecule has 1 aliphatic heterocycles. The molecule has 3 heterocycles. The highest BCUT2D eigenvalue weighted by atomic mass is 16.3. The maximum atomic E-state index is 12.5. The minimum atomic E-state index is 0.177. The maximum absolute atomic E-state index is 12.5. The van der Waals surface area contributed by atoms with Crippen molar-refractivity contribution in [3.05, 3.63) is 42.2 Å². The molecule has 6 nitrogen and oxygen atoms in total. The standard InChI is InChI=1S/C20H24N4O2/c25-12-11-23-7-9-24(10-8-23)20(26)6-5-15-13-17-16-3-1-2-4-18(16)22-19(17)14-21-15/h1-4,13-14,22,25H,5-12H2. The Morgan fingerprint density at radius 2 is 1.92 bits per heavy atom. The fourth-order valence-corrected chi connectivity index (χ4v) is 3.69. The number of nitrogens with zero attached hydrogens (tertiary/aromatic N) is 3. The van der Waals surface area contributed by atoms with E-state index in [2.05, 4.69) is 33.1 Å². The van der Waals surface area contributed by atoms with E-state index in [1.807, 2.05) is 23.2 Å². The molecule has 0 spiro atoms. The van der Waals surface area contributed by atoms with Gasteiger partial charge in [-0.3, -0.25) is 14.7 Å². The fourth-order valence-electron chi connectivity index (χ4n) is 3.69. The van der Waals surface area contributed by atoms with Crippen LogP contribution in [0.25, 0.3) is 21.8 Å². The first-order valence-corrected chi connectivity index (χ1v) is 9.21. The Hall–Kier alpha value is -2.44. The number of aromatic nitrogens is 2. The van der Waals surface area contributed by atoms with Gasteiger partial charge in [-0.25, -0.2) is 0 Å². The Morgan fingerprint density at radius 1 is 1.12 bits per heavy atom. The van der Waals surface area contributed by atoms with Crippen LogP contribution in [-0.4, -0.2) is 70.1 Å². The number of carbonyl (C=O) groups is 1. The number of aryl methyl sites for hydroxylation is 1. The van der Waals surface area contributed by atoms with Crippen molar-refractivity contribution in [1.29, 1.82) is 0 Å². The number of aliphatic hydroxyl groups is 1. The van der Waals surface area contributed by atoms with Gasteiger partial charge in [-0.15, -0.1) is 0 Å². The molecule has 26 heavy (non-hydrogen) atoms. The highest BCUT2D eigenvalue weighted by Crippen LogP contribution is 2.25. The average molecular weight is 352 g/mol. The van der Waals surface area contributed by atoms with Gasteiger partial charge >= 0.3 is 0 Å². The molecule has 0 saturated carbocycles. The van der Waals surface area contributed by atoms with Gasteiger partial charge in [0.2, 0.25) is 5.91 Å². The van der Waals surface area contributed by atoms with E-state index in [4.69, 9.17) is 5.11 Å². The van der Waals surface area contributed by atoms with Crippen molar-refractivity contribution in [1.82, 2.24) is 19.8 Å². The molecule has 6 heteroatoms. The second-order valence-electron chi connectivity index (χ2n) is 6.84. The molecule has 0 aliphatic carbocycles. The number of piperazine rings is 1. The molecule has 0 radical (unpaired) electrons. The van der Waals surface area contributed by atoms with Crippen LogP contribution in [0.15, 0.2) is 36.5 Å². The van der Waals surface area contributed by atoms with Crippen molar-refractivity contribution in [3.8, 4) is 0 Å². The Balaban J connectivity index is 1.40. The normalized spacial score (nSPS) is 15.8. The zero-order valence-corrected chi connectivity index (χ0v) is 14.8. The van der Waals surface area contributed by atoms with E-state index in [1.165, 1.54) is 5.39 Å². The number of pyridine rings is 1. The van der Waals surface area contributed by atoms with Gasteiger partial charge in [-0.2, -0.15) is 0 Å². The Morgan fingerprint density at radius 3 is 2.73 bits per heavy atom. The van der Waals surface area contributed by atoms with Gasteiger partial charge in [0.05, 0.1) is 18.3 Å². The number of fused-ring (bicyclic) bond motifs is 3. The zero-order chi connectivity index (χ0) is 17.9. The molecule has 1 amide bonds. The number of nitrogens with one attached hydrogen (secondary N) is 1. The second kappa shape index (κ2) is 7.43. The van der Waals surface area contributed by atoms with Gasteiger partial charge in [0.15, 0.2) is 0 Å². The highest BCUT2D eigenvalue weighted by molar-refractivity contribution is 6.06. The quantitative estimate of drug-likeness (QED) is 0.734. The molecule has 0 atom stereocenters. The van der Waals surface area contributed by atoms with Crippen LogP contribution >= 0.6 is 0 Å². The van der Waals surface area contributed by atoms with Crippen molar-refractivity contribution >= 4 is 27.7 Å². The van der Waals surface area contributed by atoms with Crippen LogP contribution in [0.3, 0.4) is 0 Å². The molecule has 136 valence electrons. The molecule has 1 fully saturated rings. The number of para-hydroxylation sites is 1. The number of β-amino-alcohol motifs (C(OH)–C–C–N with tert-alkyl or cyclic N) is 1. The number of rotatable bonds is 5. The number of amides is 1. The topological polar surface area (TPSA) is 72.5 Å². The van der Waals surface area contributed by atoms with E-state index in [-0.39, 0.29) is 12.5 Å². The first-order valence-electron chi connectivity index (χ1n) is 9.21. The summed E-state index contributed by atoms with van der Waals surface area (Å²) in [6.07, 6.45) is 3.01. The summed E-state index contributed by atoms with van der Waals surface area (Å²) in [4.78, 5) is 24.5. The number of hydrogen-bond donors (Lipinski definition) is 2. The summed E-state index contributed by atoms with van der Waals surface area (Å²) in [7, 11) is 0.